The van der Waals surface area contributed by atoms with E-state index in [0.717, 1.165) is 10.0 Å². The van der Waals surface area contributed by atoms with Gasteiger partial charge in [0.1, 0.15) is 0 Å². The van der Waals surface area contributed by atoms with Crippen LogP contribution in [0.2, 0.25) is 0 Å². The van der Waals surface area contributed by atoms with E-state index in [0.29, 0.717) is 24.4 Å². The Morgan fingerprint density at radius 1 is 1.00 bits per heavy atom. The molecule has 0 radical (unpaired) electrons. The van der Waals surface area contributed by atoms with E-state index in [1.54, 1.807) is 24.3 Å². The maximum absolute atomic E-state index is 12.6. The standard InChI is InChI=1S/C16H18BrNO2S/c1-2-18(13-12-14-6-4-3-5-7-14)21(19,20)16-10-8-15(17)9-11-16/h3-11H,2,12-13H2,1H3. The van der Waals surface area contributed by atoms with E-state index in [4.69, 9.17) is 0 Å². The van der Waals surface area contributed by atoms with Crippen molar-refractivity contribution in [3.63, 3.8) is 0 Å². The number of sulfonamides is 1. The zero-order valence-electron chi connectivity index (χ0n) is 11.9. The lowest BCUT2D eigenvalue weighted by molar-refractivity contribution is 0.431. The van der Waals surface area contributed by atoms with E-state index in [1.807, 2.05) is 37.3 Å². The third kappa shape index (κ3) is 4.15. The quantitative estimate of drug-likeness (QED) is 0.780. The Morgan fingerprint density at radius 3 is 2.19 bits per heavy atom. The summed E-state index contributed by atoms with van der Waals surface area (Å²) in [4.78, 5) is 0.334. The minimum absolute atomic E-state index is 0.334. The molecule has 21 heavy (non-hydrogen) atoms. The van der Waals surface area contributed by atoms with Gasteiger partial charge in [-0.15, -0.1) is 0 Å². The highest BCUT2D eigenvalue weighted by atomic mass is 79.9. The molecule has 2 rings (SSSR count). The molecule has 0 bridgehead atoms. The summed E-state index contributed by atoms with van der Waals surface area (Å²) >= 11 is 3.32. The van der Waals surface area contributed by atoms with Crippen molar-refractivity contribution in [3.8, 4) is 0 Å². The lowest BCUT2D eigenvalue weighted by atomic mass is 10.1. The van der Waals surface area contributed by atoms with Crippen LogP contribution in [-0.2, 0) is 16.4 Å². The molecule has 2 aromatic rings. The fraction of sp³-hybridized carbons (Fsp3) is 0.250. The summed E-state index contributed by atoms with van der Waals surface area (Å²) in [5.74, 6) is 0. The van der Waals surface area contributed by atoms with E-state index in [1.165, 1.54) is 4.31 Å². The van der Waals surface area contributed by atoms with Gasteiger partial charge < -0.3 is 0 Å². The summed E-state index contributed by atoms with van der Waals surface area (Å²) in [5.41, 5.74) is 1.14. The van der Waals surface area contributed by atoms with Crippen LogP contribution in [0.25, 0.3) is 0 Å². The van der Waals surface area contributed by atoms with Crippen molar-refractivity contribution in [2.45, 2.75) is 18.2 Å². The van der Waals surface area contributed by atoms with Gasteiger partial charge in [0.25, 0.3) is 0 Å². The first-order valence-corrected chi connectivity index (χ1v) is 9.07. The zero-order valence-corrected chi connectivity index (χ0v) is 14.3. The van der Waals surface area contributed by atoms with Crippen molar-refractivity contribution in [1.82, 2.24) is 4.31 Å². The Morgan fingerprint density at radius 2 is 1.62 bits per heavy atom. The number of rotatable bonds is 6. The number of halogens is 1. The minimum atomic E-state index is -3.43. The predicted molar refractivity (Wildman–Crippen MR) is 88.7 cm³/mol. The SMILES string of the molecule is CCN(CCc1ccccc1)S(=O)(=O)c1ccc(Br)cc1. The molecule has 0 heterocycles. The van der Waals surface area contributed by atoms with Crippen molar-refractivity contribution in [2.24, 2.45) is 0 Å². The van der Waals surface area contributed by atoms with Crippen molar-refractivity contribution in [3.05, 3.63) is 64.6 Å². The second-order valence-electron chi connectivity index (χ2n) is 4.69. The molecule has 2 aromatic carbocycles. The van der Waals surface area contributed by atoms with Crippen LogP contribution in [0, 0.1) is 0 Å². The minimum Gasteiger partial charge on any atom is -0.207 e. The van der Waals surface area contributed by atoms with Crippen LogP contribution in [0.1, 0.15) is 12.5 Å². The van der Waals surface area contributed by atoms with Gasteiger partial charge in [-0.1, -0.05) is 53.2 Å². The summed E-state index contributed by atoms with van der Waals surface area (Å²) in [6.07, 6.45) is 0.713. The smallest absolute Gasteiger partial charge is 0.207 e. The summed E-state index contributed by atoms with van der Waals surface area (Å²) in [5, 5.41) is 0. The lowest BCUT2D eigenvalue weighted by Gasteiger charge is -2.20. The second-order valence-corrected chi connectivity index (χ2v) is 7.54. The van der Waals surface area contributed by atoms with Crippen molar-refractivity contribution < 1.29 is 8.42 Å². The first kappa shape index (κ1) is 16.2. The average molecular weight is 368 g/mol. The molecule has 0 aliphatic rings. The molecule has 0 atom stereocenters. The lowest BCUT2D eigenvalue weighted by Crippen LogP contribution is -2.32. The normalized spacial score (nSPS) is 11.8. The highest BCUT2D eigenvalue weighted by Crippen LogP contribution is 2.19. The van der Waals surface area contributed by atoms with Crippen LogP contribution < -0.4 is 0 Å². The van der Waals surface area contributed by atoms with E-state index in [-0.39, 0.29) is 0 Å². The fourth-order valence-corrected chi connectivity index (χ4v) is 3.82. The first-order chi connectivity index (χ1) is 10.0. The molecule has 0 saturated carbocycles. The maximum Gasteiger partial charge on any atom is 0.243 e. The molecular weight excluding hydrogens is 350 g/mol. The van der Waals surface area contributed by atoms with Crippen LogP contribution >= 0.6 is 15.9 Å². The Labute approximate surface area is 134 Å². The molecule has 0 unspecified atom stereocenters. The van der Waals surface area contributed by atoms with Gasteiger partial charge in [-0.2, -0.15) is 4.31 Å². The molecular formula is C16H18BrNO2S. The summed E-state index contributed by atoms with van der Waals surface area (Å²) < 4.78 is 27.6. The van der Waals surface area contributed by atoms with E-state index in [2.05, 4.69) is 15.9 Å². The second kappa shape index (κ2) is 7.20. The van der Waals surface area contributed by atoms with Gasteiger partial charge in [0.15, 0.2) is 0 Å². The largest absolute Gasteiger partial charge is 0.243 e. The molecule has 0 aliphatic heterocycles. The molecule has 0 aliphatic carbocycles. The third-order valence-electron chi connectivity index (χ3n) is 3.30. The van der Waals surface area contributed by atoms with Gasteiger partial charge in [-0.25, -0.2) is 8.42 Å². The van der Waals surface area contributed by atoms with Gasteiger partial charge >= 0.3 is 0 Å². The Balaban J connectivity index is 2.14. The Hall–Kier alpha value is -1.17. The van der Waals surface area contributed by atoms with Crippen molar-refractivity contribution in [1.29, 1.82) is 0 Å². The molecule has 0 aromatic heterocycles. The van der Waals surface area contributed by atoms with Crippen LogP contribution in [0.3, 0.4) is 0 Å². The number of nitrogens with zero attached hydrogens (tertiary/aromatic N) is 1. The molecule has 0 fully saturated rings. The number of hydrogen-bond acceptors (Lipinski definition) is 2. The molecule has 0 saturated heterocycles. The average Bonchev–Trinajstić information content (AvgIpc) is 2.49. The zero-order chi connectivity index (χ0) is 15.3. The van der Waals surface area contributed by atoms with Crippen LogP contribution in [0.5, 0.6) is 0 Å². The van der Waals surface area contributed by atoms with Crippen LogP contribution in [-0.4, -0.2) is 25.8 Å². The highest BCUT2D eigenvalue weighted by molar-refractivity contribution is 9.10. The molecule has 0 spiro atoms. The highest BCUT2D eigenvalue weighted by Gasteiger charge is 2.22. The van der Waals surface area contributed by atoms with E-state index < -0.39 is 10.0 Å². The van der Waals surface area contributed by atoms with Crippen molar-refractivity contribution >= 4 is 26.0 Å². The van der Waals surface area contributed by atoms with Crippen molar-refractivity contribution in [2.75, 3.05) is 13.1 Å². The van der Waals surface area contributed by atoms with E-state index >= 15 is 0 Å². The number of benzene rings is 2. The Bertz CT molecular complexity index is 669. The van der Waals surface area contributed by atoms with Gasteiger partial charge in [-0.05, 0) is 36.2 Å². The Kier molecular flexibility index (Phi) is 5.56. The molecule has 112 valence electrons. The van der Waals surface area contributed by atoms with E-state index in [9.17, 15) is 8.42 Å². The molecule has 0 amide bonds. The number of likely N-dealkylation sites (N-methyl/N-ethyl adjacent to an activating group) is 1. The molecule has 0 N–H and O–H groups in total. The van der Waals surface area contributed by atoms with Gasteiger partial charge in [-0.3, -0.25) is 0 Å². The van der Waals surface area contributed by atoms with Gasteiger partial charge in [0.05, 0.1) is 4.90 Å². The van der Waals surface area contributed by atoms with Gasteiger partial charge in [0.2, 0.25) is 10.0 Å². The summed E-state index contributed by atoms with van der Waals surface area (Å²) in [6.45, 7) is 2.81. The van der Waals surface area contributed by atoms with Crippen LogP contribution in [0.15, 0.2) is 64.0 Å². The topological polar surface area (TPSA) is 37.4 Å². The number of hydrogen-bond donors (Lipinski definition) is 0. The fourth-order valence-electron chi connectivity index (χ4n) is 2.10. The molecule has 5 heteroatoms. The molecule has 3 nitrogen and oxygen atoms in total. The predicted octanol–water partition coefficient (Wildman–Crippen LogP) is 3.70. The first-order valence-electron chi connectivity index (χ1n) is 6.83. The maximum atomic E-state index is 12.6. The summed E-state index contributed by atoms with van der Waals surface area (Å²) in [6, 6.07) is 16.7. The third-order valence-corrected chi connectivity index (χ3v) is 5.81. The summed E-state index contributed by atoms with van der Waals surface area (Å²) in [7, 11) is -3.43. The van der Waals surface area contributed by atoms with Gasteiger partial charge in [0, 0.05) is 17.6 Å². The monoisotopic (exact) mass is 367 g/mol. The van der Waals surface area contributed by atoms with Crippen LogP contribution in [0.4, 0.5) is 0 Å².